The van der Waals surface area contributed by atoms with Crippen molar-refractivity contribution in [2.24, 2.45) is 0 Å². The van der Waals surface area contributed by atoms with E-state index in [1.165, 1.54) is 0 Å². The molecule has 0 spiro atoms. The fourth-order valence-electron chi connectivity index (χ4n) is 4.79. The topological polar surface area (TPSA) is 112 Å². The predicted octanol–water partition coefficient (Wildman–Crippen LogP) is 6.61. The number of carbonyl (C=O) groups excluding carboxylic acids is 1. The highest BCUT2D eigenvalue weighted by Crippen LogP contribution is 2.35. The number of pyridine rings is 2. The third-order valence-electron chi connectivity index (χ3n) is 6.66. The predicted molar refractivity (Wildman–Crippen MR) is 154 cm³/mol. The fraction of sp³-hybridized carbons (Fsp3) is 0.0333. The molecule has 0 atom stereocenters. The number of halogens is 1. The summed E-state index contributed by atoms with van der Waals surface area (Å²) in [6.07, 6.45) is 5.04. The molecule has 40 heavy (non-hydrogen) atoms. The summed E-state index contributed by atoms with van der Waals surface area (Å²) in [5.74, 6) is -0.242. The molecule has 8 nitrogen and oxygen atoms in total. The Morgan fingerprint density at radius 1 is 1.00 bits per heavy atom. The Morgan fingerprint density at radius 3 is 2.75 bits per heavy atom. The molecule has 5 heterocycles. The molecule has 0 aliphatic rings. The molecule has 0 fully saturated rings. The monoisotopic (exact) mass is 545 g/mol. The molecule has 7 aromatic rings. The van der Waals surface area contributed by atoms with Crippen molar-refractivity contribution in [1.29, 1.82) is 0 Å². The van der Waals surface area contributed by atoms with E-state index in [0.29, 0.717) is 44.9 Å². The second-order valence-corrected chi connectivity index (χ2v) is 10.0. The number of aromatic nitrogens is 6. The van der Waals surface area contributed by atoms with Crippen molar-refractivity contribution in [2.45, 2.75) is 6.42 Å². The highest BCUT2D eigenvalue weighted by Gasteiger charge is 2.21. The van der Waals surface area contributed by atoms with Crippen molar-refractivity contribution in [2.75, 3.05) is 5.32 Å². The van der Waals surface area contributed by atoms with E-state index >= 15 is 4.39 Å². The van der Waals surface area contributed by atoms with E-state index in [1.807, 2.05) is 47.8 Å². The first-order valence-electron chi connectivity index (χ1n) is 12.5. The third-order valence-corrected chi connectivity index (χ3v) is 7.34. The first-order chi connectivity index (χ1) is 19.6. The molecule has 2 aromatic carbocycles. The molecular formula is C30H20FN7OS. The summed E-state index contributed by atoms with van der Waals surface area (Å²) in [7, 11) is 0. The molecule has 5 aromatic heterocycles. The lowest BCUT2D eigenvalue weighted by molar-refractivity contribution is -0.115. The third kappa shape index (κ3) is 4.30. The van der Waals surface area contributed by atoms with Crippen molar-refractivity contribution >= 4 is 45.0 Å². The number of benzene rings is 2. The van der Waals surface area contributed by atoms with Crippen LogP contribution in [-0.2, 0) is 11.2 Å². The number of imidazole rings is 1. The molecule has 194 valence electrons. The second kappa shape index (κ2) is 9.83. The number of H-pyrrole nitrogens is 2. The van der Waals surface area contributed by atoms with E-state index in [0.717, 1.165) is 22.2 Å². The van der Waals surface area contributed by atoms with Gasteiger partial charge in [0, 0.05) is 29.1 Å². The van der Waals surface area contributed by atoms with E-state index in [4.69, 9.17) is 0 Å². The van der Waals surface area contributed by atoms with Crippen LogP contribution in [0.5, 0.6) is 0 Å². The van der Waals surface area contributed by atoms with Gasteiger partial charge in [-0.2, -0.15) is 16.4 Å². The van der Waals surface area contributed by atoms with Gasteiger partial charge in [0.2, 0.25) is 5.91 Å². The van der Waals surface area contributed by atoms with E-state index in [-0.39, 0.29) is 12.3 Å². The Morgan fingerprint density at radius 2 is 1.90 bits per heavy atom. The minimum atomic E-state index is -0.470. The lowest BCUT2D eigenvalue weighted by atomic mass is 10.0. The molecule has 0 saturated heterocycles. The normalized spacial score (nSPS) is 11.3. The van der Waals surface area contributed by atoms with Gasteiger partial charge < -0.3 is 10.3 Å². The van der Waals surface area contributed by atoms with Crippen LogP contribution >= 0.6 is 11.3 Å². The van der Waals surface area contributed by atoms with Gasteiger partial charge in [-0.25, -0.2) is 14.4 Å². The minimum Gasteiger partial charge on any atom is -0.335 e. The number of amides is 1. The van der Waals surface area contributed by atoms with Gasteiger partial charge in [-0.3, -0.25) is 14.9 Å². The van der Waals surface area contributed by atoms with Crippen molar-refractivity contribution in [3.63, 3.8) is 0 Å². The lowest BCUT2D eigenvalue weighted by Crippen LogP contribution is -2.14. The number of nitrogens with one attached hydrogen (secondary N) is 3. The smallest absolute Gasteiger partial charge is 0.228 e. The van der Waals surface area contributed by atoms with Crippen LogP contribution < -0.4 is 5.32 Å². The molecule has 1 amide bonds. The SMILES string of the molecule is O=C(Cc1ccccc1)Nc1cncc(-c2ccc3[nH]nc(-c4nc5nccc(-c6ccsc6)c5[nH]4)c3c2F)c1. The molecule has 0 aliphatic heterocycles. The quantitative estimate of drug-likeness (QED) is 0.218. The van der Waals surface area contributed by atoms with Gasteiger partial charge >= 0.3 is 0 Å². The molecule has 0 aliphatic carbocycles. The Balaban J connectivity index is 1.24. The van der Waals surface area contributed by atoms with Crippen LogP contribution in [0, 0.1) is 5.82 Å². The van der Waals surface area contributed by atoms with Crippen LogP contribution in [0.1, 0.15) is 5.56 Å². The number of rotatable bonds is 6. The zero-order chi connectivity index (χ0) is 27.1. The van der Waals surface area contributed by atoms with E-state index in [9.17, 15) is 4.79 Å². The highest BCUT2D eigenvalue weighted by atomic mass is 32.1. The minimum absolute atomic E-state index is 0.182. The summed E-state index contributed by atoms with van der Waals surface area (Å²) in [5.41, 5.74) is 6.41. The second-order valence-electron chi connectivity index (χ2n) is 9.25. The molecular weight excluding hydrogens is 525 g/mol. The lowest BCUT2D eigenvalue weighted by Gasteiger charge is -2.09. The summed E-state index contributed by atoms with van der Waals surface area (Å²) in [4.78, 5) is 29.1. The number of hydrogen-bond donors (Lipinski definition) is 3. The van der Waals surface area contributed by atoms with Gasteiger partial charge in [-0.1, -0.05) is 30.3 Å². The molecule has 7 rings (SSSR count). The zero-order valence-corrected chi connectivity index (χ0v) is 21.7. The Labute approximate surface area is 231 Å². The maximum absolute atomic E-state index is 16.1. The van der Waals surface area contributed by atoms with Crippen molar-refractivity contribution < 1.29 is 9.18 Å². The molecule has 0 radical (unpaired) electrons. The van der Waals surface area contributed by atoms with Crippen LogP contribution in [-0.4, -0.2) is 36.0 Å². The molecule has 0 unspecified atom stereocenters. The van der Waals surface area contributed by atoms with Crippen LogP contribution in [0.25, 0.3) is 55.8 Å². The van der Waals surface area contributed by atoms with Gasteiger partial charge in [0.05, 0.1) is 34.7 Å². The highest BCUT2D eigenvalue weighted by molar-refractivity contribution is 7.08. The van der Waals surface area contributed by atoms with Gasteiger partial charge in [0.1, 0.15) is 11.5 Å². The first-order valence-corrected chi connectivity index (χ1v) is 13.4. The average Bonchev–Trinajstić information content (AvgIpc) is 3.73. The van der Waals surface area contributed by atoms with Crippen LogP contribution in [0.4, 0.5) is 10.1 Å². The summed E-state index contributed by atoms with van der Waals surface area (Å²) < 4.78 is 16.1. The average molecular weight is 546 g/mol. The Bertz CT molecular complexity index is 2000. The standard InChI is InChI=1S/C30H20FN7OS/c31-26-21(19-13-20(15-32-14-19)34-24(39)12-17-4-2-1-3-5-17)6-7-23-25(26)28(38-37-23)30-35-27-22(18-9-11-40-16-18)8-10-33-29(27)36-30/h1-11,13-16H,12H2,(H,34,39)(H,37,38)(H,33,35,36). The Kier molecular flexibility index (Phi) is 5.86. The van der Waals surface area contributed by atoms with Crippen molar-refractivity contribution in [3.8, 4) is 33.8 Å². The van der Waals surface area contributed by atoms with Crippen molar-refractivity contribution in [3.05, 3.63) is 101 Å². The summed E-state index contributed by atoms with van der Waals surface area (Å²) >= 11 is 1.61. The molecule has 10 heteroatoms. The zero-order valence-electron chi connectivity index (χ0n) is 20.9. The largest absolute Gasteiger partial charge is 0.335 e. The van der Waals surface area contributed by atoms with Gasteiger partial charge in [0.15, 0.2) is 11.5 Å². The van der Waals surface area contributed by atoms with Gasteiger partial charge in [-0.05, 0) is 52.2 Å². The fourth-order valence-corrected chi connectivity index (χ4v) is 5.45. The summed E-state index contributed by atoms with van der Waals surface area (Å²) in [5, 5.41) is 14.5. The molecule has 0 saturated carbocycles. The van der Waals surface area contributed by atoms with E-state index < -0.39 is 5.82 Å². The summed E-state index contributed by atoms with van der Waals surface area (Å²) in [6, 6.07) is 18.6. The number of hydrogen-bond acceptors (Lipinski definition) is 6. The molecule has 3 N–H and O–H groups in total. The van der Waals surface area contributed by atoms with Crippen LogP contribution in [0.2, 0.25) is 0 Å². The summed E-state index contributed by atoms with van der Waals surface area (Å²) in [6.45, 7) is 0. The number of thiophene rings is 1. The maximum Gasteiger partial charge on any atom is 0.228 e. The molecule has 0 bridgehead atoms. The number of aromatic amines is 2. The maximum atomic E-state index is 16.1. The number of fused-ring (bicyclic) bond motifs is 2. The van der Waals surface area contributed by atoms with E-state index in [2.05, 4.69) is 40.8 Å². The first kappa shape index (κ1) is 23.9. The van der Waals surface area contributed by atoms with Crippen LogP contribution in [0.3, 0.4) is 0 Å². The Hall–Kier alpha value is -5.22. The number of nitrogens with zero attached hydrogens (tertiary/aromatic N) is 4. The number of anilines is 1. The van der Waals surface area contributed by atoms with Gasteiger partial charge in [-0.15, -0.1) is 0 Å². The number of carbonyl (C=O) groups is 1. The van der Waals surface area contributed by atoms with Gasteiger partial charge in [0.25, 0.3) is 0 Å². The van der Waals surface area contributed by atoms with E-state index in [1.54, 1.807) is 48.1 Å². The van der Waals surface area contributed by atoms with Crippen LogP contribution in [0.15, 0.2) is 90.0 Å². The van der Waals surface area contributed by atoms with Crippen molar-refractivity contribution in [1.82, 2.24) is 30.1 Å².